The van der Waals surface area contributed by atoms with Crippen molar-refractivity contribution in [2.75, 3.05) is 0 Å². The molecule has 30 heavy (non-hydrogen) atoms. The third-order valence-electron chi connectivity index (χ3n) is 4.17. The molecule has 7 nitrogen and oxygen atoms in total. The third kappa shape index (κ3) is 4.47. The summed E-state index contributed by atoms with van der Waals surface area (Å²) >= 11 is 1.39. The first-order valence-electron chi connectivity index (χ1n) is 8.90. The number of carbonyl (C=O) groups is 1. The van der Waals surface area contributed by atoms with Gasteiger partial charge in [0.2, 0.25) is 5.76 Å². The Morgan fingerprint density at radius 1 is 1.07 bits per heavy atom. The van der Waals surface area contributed by atoms with E-state index in [0.717, 1.165) is 5.69 Å². The van der Waals surface area contributed by atoms with Gasteiger partial charge >= 0.3 is 5.97 Å². The Balaban J connectivity index is 1.43. The minimum atomic E-state index is -3.62. The summed E-state index contributed by atoms with van der Waals surface area (Å²) in [6.07, 6.45) is 2.95. The smallest absolute Gasteiger partial charge is 0.374 e. The average Bonchev–Trinajstić information content (AvgIpc) is 3.43. The number of sulfone groups is 1. The first kappa shape index (κ1) is 20.0. The van der Waals surface area contributed by atoms with Crippen LogP contribution in [0.15, 0.2) is 81.8 Å². The van der Waals surface area contributed by atoms with Gasteiger partial charge in [0.25, 0.3) is 0 Å². The molecule has 0 spiro atoms. The molecule has 0 atom stereocenters. The molecule has 0 aliphatic carbocycles. The maximum absolute atomic E-state index is 12.6. The van der Waals surface area contributed by atoms with Gasteiger partial charge in [-0.3, -0.25) is 4.98 Å². The molecular weight excluding hydrogens is 424 g/mol. The SMILES string of the molecule is O=C(OCc1csc(-c2ccccn2)n1)c1occc1CS(=O)(=O)c1ccccc1. The van der Waals surface area contributed by atoms with Crippen LogP contribution in [-0.4, -0.2) is 24.4 Å². The molecule has 0 unspecified atom stereocenters. The number of rotatable bonds is 7. The summed E-state index contributed by atoms with van der Waals surface area (Å²) in [5, 5.41) is 2.49. The molecule has 3 heterocycles. The van der Waals surface area contributed by atoms with Crippen molar-refractivity contribution in [2.24, 2.45) is 0 Å². The highest BCUT2D eigenvalue weighted by Crippen LogP contribution is 2.23. The minimum Gasteiger partial charge on any atom is -0.457 e. The van der Waals surface area contributed by atoms with E-state index in [2.05, 4.69) is 9.97 Å². The van der Waals surface area contributed by atoms with Crippen molar-refractivity contribution < 1.29 is 22.4 Å². The molecule has 0 N–H and O–H groups in total. The highest BCUT2D eigenvalue weighted by Gasteiger charge is 2.23. The quantitative estimate of drug-likeness (QED) is 0.398. The second kappa shape index (κ2) is 8.60. The lowest BCUT2D eigenvalue weighted by Crippen LogP contribution is -2.10. The van der Waals surface area contributed by atoms with E-state index in [1.54, 1.807) is 29.8 Å². The number of hydrogen-bond donors (Lipinski definition) is 0. The Hall–Kier alpha value is -3.30. The summed E-state index contributed by atoms with van der Waals surface area (Å²) < 4.78 is 35.6. The van der Waals surface area contributed by atoms with Crippen molar-refractivity contribution in [2.45, 2.75) is 17.3 Å². The van der Waals surface area contributed by atoms with Crippen LogP contribution in [0.5, 0.6) is 0 Å². The van der Waals surface area contributed by atoms with Crippen LogP contribution in [0, 0.1) is 0 Å². The lowest BCUT2D eigenvalue weighted by atomic mass is 10.3. The summed E-state index contributed by atoms with van der Waals surface area (Å²) in [6, 6.07) is 15.0. The summed E-state index contributed by atoms with van der Waals surface area (Å²) in [5.41, 5.74) is 1.55. The minimum absolute atomic E-state index is 0.0618. The van der Waals surface area contributed by atoms with Crippen LogP contribution in [-0.2, 0) is 26.9 Å². The van der Waals surface area contributed by atoms with Gasteiger partial charge in [-0.1, -0.05) is 24.3 Å². The van der Waals surface area contributed by atoms with Crippen LogP contribution in [0.4, 0.5) is 0 Å². The Labute approximate surface area is 176 Å². The number of carbonyl (C=O) groups excluding carboxylic acids is 1. The van der Waals surface area contributed by atoms with E-state index >= 15 is 0 Å². The monoisotopic (exact) mass is 440 g/mol. The van der Waals surface area contributed by atoms with Crippen LogP contribution >= 0.6 is 11.3 Å². The first-order valence-corrected chi connectivity index (χ1v) is 11.4. The van der Waals surface area contributed by atoms with Crippen molar-refractivity contribution >= 4 is 27.1 Å². The summed E-state index contributed by atoms with van der Waals surface area (Å²) in [6.45, 7) is -0.0618. The summed E-state index contributed by atoms with van der Waals surface area (Å²) in [5.74, 6) is -1.24. The average molecular weight is 441 g/mol. The predicted molar refractivity (Wildman–Crippen MR) is 111 cm³/mol. The van der Waals surface area contributed by atoms with Gasteiger partial charge < -0.3 is 9.15 Å². The van der Waals surface area contributed by atoms with Gasteiger partial charge in [-0.2, -0.15) is 0 Å². The number of thiazole rings is 1. The molecule has 0 saturated heterocycles. The second-order valence-electron chi connectivity index (χ2n) is 6.28. The first-order chi connectivity index (χ1) is 14.5. The fourth-order valence-corrected chi connectivity index (χ4v) is 4.88. The molecule has 4 rings (SSSR count). The molecule has 9 heteroatoms. The molecule has 4 aromatic rings. The molecular formula is C21H16N2O5S2. The van der Waals surface area contributed by atoms with E-state index < -0.39 is 15.8 Å². The highest BCUT2D eigenvalue weighted by atomic mass is 32.2. The van der Waals surface area contributed by atoms with Gasteiger partial charge in [-0.05, 0) is 30.3 Å². The number of furan rings is 1. The third-order valence-corrected chi connectivity index (χ3v) is 6.76. The zero-order chi connectivity index (χ0) is 21.0. The lowest BCUT2D eigenvalue weighted by molar-refractivity contribution is 0.0430. The molecule has 0 amide bonds. The molecule has 0 radical (unpaired) electrons. The van der Waals surface area contributed by atoms with Gasteiger partial charge in [-0.25, -0.2) is 18.2 Å². The fraction of sp³-hybridized carbons (Fsp3) is 0.0952. The molecule has 0 fully saturated rings. The topological polar surface area (TPSA) is 99.4 Å². The molecule has 0 bridgehead atoms. The number of nitrogens with zero attached hydrogens (tertiary/aromatic N) is 2. The normalized spacial score (nSPS) is 11.3. The Bertz CT molecular complexity index is 1250. The maximum Gasteiger partial charge on any atom is 0.374 e. The van der Waals surface area contributed by atoms with Crippen molar-refractivity contribution in [3.8, 4) is 10.7 Å². The van der Waals surface area contributed by atoms with Crippen LogP contribution in [0.25, 0.3) is 10.7 Å². The number of ether oxygens (including phenoxy) is 1. The van der Waals surface area contributed by atoms with Crippen LogP contribution in [0.1, 0.15) is 21.8 Å². The number of benzene rings is 1. The summed E-state index contributed by atoms with van der Waals surface area (Å²) in [7, 11) is -3.62. The molecule has 152 valence electrons. The van der Waals surface area contributed by atoms with Gasteiger partial charge in [0, 0.05) is 17.1 Å². The number of aromatic nitrogens is 2. The highest BCUT2D eigenvalue weighted by molar-refractivity contribution is 7.90. The van der Waals surface area contributed by atoms with E-state index in [0.29, 0.717) is 10.7 Å². The lowest BCUT2D eigenvalue weighted by Gasteiger charge is -2.05. The zero-order valence-corrected chi connectivity index (χ0v) is 17.2. The summed E-state index contributed by atoms with van der Waals surface area (Å²) in [4.78, 5) is 21.3. The maximum atomic E-state index is 12.6. The van der Waals surface area contributed by atoms with Gasteiger partial charge in [0.1, 0.15) is 11.6 Å². The number of hydrogen-bond acceptors (Lipinski definition) is 8. The molecule has 0 aliphatic rings. The largest absolute Gasteiger partial charge is 0.457 e. The number of pyridine rings is 1. The molecule has 0 saturated carbocycles. The van der Waals surface area contributed by atoms with Gasteiger partial charge in [0.15, 0.2) is 9.84 Å². The van der Waals surface area contributed by atoms with Crippen LogP contribution in [0.2, 0.25) is 0 Å². The predicted octanol–water partition coefficient (Wildman–Crippen LogP) is 4.13. The zero-order valence-electron chi connectivity index (χ0n) is 15.6. The Kier molecular flexibility index (Phi) is 5.73. The molecule has 3 aromatic heterocycles. The van der Waals surface area contributed by atoms with E-state index in [1.165, 1.54) is 35.8 Å². The van der Waals surface area contributed by atoms with Crippen molar-refractivity contribution in [3.05, 3.63) is 89.5 Å². The van der Waals surface area contributed by atoms with Crippen molar-refractivity contribution in [1.82, 2.24) is 9.97 Å². The second-order valence-corrected chi connectivity index (χ2v) is 9.13. The van der Waals surface area contributed by atoms with Crippen LogP contribution < -0.4 is 0 Å². The van der Waals surface area contributed by atoms with Crippen molar-refractivity contribution in [1.29, 1.82) is 0 Å². The molecule has 0 aliphatic heterocycles. The van der Waals surface area contributed by atoms with Crippen LogP contribution in [0.3, 0.4) is 0 Å². The van der Waals surface area contributed by atoms with E-state index in [9.17, 15) is 13.2 Å². The van der Waals surface area contributed by atoms with Crippen molar-refractivity contribution in [3.63, 3.8) is 0 Å². The van der Waals surface area contributed by atoms with Gasteiger partial charge in [0.05, 0.1) is 28.3 Å². The Morgan fingerprint density at radius 3 is 2.63 bits per heavy atom. The standard InChI is InChI=1S/C21H16N2O5S2/c24-21(28-12-16-13-29-20(23-16)18-8-4-5-10-22-18)19-15(9-11-27-19)14-30(25,26)17-6-2-1-3-7-17/h1-11,13H,12,14H2. The molecule has 1 aromatic carbocycles. The van der Waals surface area contributed by atoms with Gasteiger partial charge in [-0.15, -0.1) is 11.3 Å². The van der Waals surface area contributed by atoms with E-state index in [1.807, 2.05) is 18.2 Å². The fourth-order valence-electron chi connectivity index (χ4n) is 2.73. The number of esters is 1. The Morgan fingerprint density at radius 2 is 1.87 bits per heavy atom. The van der Waals surface area contributed by atoms with E-state index in [-0.39, 0.29) is 28.6 Å². The van der Waals surface area contributed by atoms with E-state index in [4.69, 9.17) is 9.15 Å².